The van der Waals surface area contributed by atoms with Gasteiger partial charge in [0.1, 0.15) is 12.4 Å². The molecule has 2 amide bonds. The van der Waals surface area contributed by atoms with Crippen molar-refractivity contribution in [2.75, 3.05) is 18.4 Å². The van der Waals surface area contributed by atoms with Gasteiger partial charge in [0.05, 0.1) is 0 Å². The fourth-order valence-electron chi connectivity index (χ4n) is 4.57. The predicted octanol–water partition coefficient (Wildman–Crippen LogP) is 5.74. The molecule has 2 atom stereocenters. The summed E-state index contributed by atoms with van der Waals surface area (Å²) in [6.07, 6.45) is 7.90. The molecule has 2 unspecified atom stereocenters. The number of anilines is 1. The van der Waals surface area contributed by atoms with E-state index in [1.807, 2.05) is 60.4 Å². The van der Waals surface area contributed by atoms with Crippen molar-refractivity contribution in [3.63, 3.8) is 0 Å². The third-order valence-corrected chi connectivity index (χ3v) is 6.33. The summed E-state index contributed by atoms with van der Waals surface area (Å²) in [7, 11) is 0. The van der Waals surface area contributed by atoms with Gasteiger partial charge in [0.25, 0.3) is 5.91 Å². The number of benzene rings is 2. The number of nitrogens with one attached hydrogen (secondary N) is 1. The minimum Gasteiger partial charge on any atom is -0.489 e. The standard InChI is InChI=1S/C30H33N3O3/c1-21-15-22(2)19-33(18-21)30(35)26-10-6-23(3)28(16-26)32-29(34)13-9-24-7-11-27(12-8-24)36-20-25-5-4-14-31-17-25/h4-14,16-17,21-22H,15,18-20H2,1-3H3,(H,32,34). The molecule has 2 aromatic carbocycles. The van der Waals surface area contributed by atoms with Crippen molar-refractivity contribution in [3.8, 4) is 5.75 Å². The number of ether oxygens (including phenoxy) is 1. The van der Waals surface area contributed by atoms with E-state index in [9.17, 15) is 9.59 Å². The first-order valence-corrected chi connectivity index (χ1v) is 12.4. The largest absolute Gasteiger partial charge is 0.489 e. The van der Waals surface area contributed by atoms with Crippen molar-refractivity contribution in [3.05, 3.63) is 95.3 Å². The van der Waals surface area contributed by atoms with Gasteiger partial charge in [-0.1, -0.05) is 38.1 Å². The zero-order valence-corrected chi connectivity index (χ0v) is 21.1. The number of nitrogens with zero attached hydrogens (tertiary/aromatic N) is 2. The van der Waals surface area contributed by atoms with Crippen LogP contribution in [0.2, 0.25) is 0 Å². The van der Waals surface area contributed by atoms with Gasteiger partial charge in [0.2, 0.25) is 5.91 Å². The molecule has 36 heavy (non-hydrogen) atoms. The van der Waals surface area contributed by atoms with E-state index in [1.165, 1.54) is 6.08 Å². The maximum absolute atomic E-state index is 13.1. The Kier molecular flexibility index (Phi) is 8.16. The predicted molar refractivity (Wildman–Crippen MR) is 143 cm³/mol. The van der Waals surface area contributed by atoms with E-state index in [0.717, 1.165) is 42.0 Å². The summed E-state index contributed by atoms with van der Waals surface area (Å²) in [5.41, 5.74) is 4.03. The zero-order valence-electron chi connectivity index (χ0n) is 21.1. The van der Waals surface area contributed by atoms with Gasteiger partial charge in [0, 0.05) is 48.4 Å². The van der Waals surface area contributed by atoms with Crippen LogP contribution in [-0.4, -0.2) is 34.8 Å². The van der Waals surface area contributed by atoms with Gasteiger partial charge in [-0.15, -0.1) is 0 Å². The van der Waals surface area contributed by atoms with Crippen molar-refractivity contribution < 1.29 is 14.3 Å². The van der Waals surface area contributed by atoms with Crippen LogP contribution in [0.25, 0.3) is 6.08 Å². The first-order valence-electron chi connectivity index (χ1n) is 12.4. The van der Waals surface area contributed by atoms with Gasteiger partial charge in [-0.2, -0.15) is 0 Å². The molecular weight excluding hydrogens is 450 g/mol. The highest BCUT2D eigenvalue weighted by Crippen LogP contribution is 2.24. The minimum absolute atomic E-state index is 0.0188. The van der Waals surface area contributed by atoms with Crippen molar-refractivity contribution in [1.29, 1.82) is 0 Å². The summed E-state index contributed by atoms with van der Waals surface area (Å²) in [5.74, 6) is 1.50. The third kappa shape index (κ3) is 6.81. The van der Waals surface area contributed by atoms with Crippen LogP contribution in [0.5, 0.6) is 5.75 Å². The van der Waals surface area contributed by atoms with E-state index in [-0.39, 0.29) is 11.8 Å². The number of hydrogen-bond donors (Lipinski definition) is 1. The quantitative estimate of drug-likeness (QED) is 0.435. The van der Waals surface area contributed by atoms with Crippen molar-refractivity contribution in [2.24, 2.45) is 11.8 Å². The Labute approximate surface area is 213 Å². The molecule has 186 valence electrons. The maximum atomic E-state index is 13.1. The van der Waals surface area contributed by atoms with Gasteiger partial charge in [0.15, 0.2) is 0 Å². The Balaban J connectivity index is 1.35. The van der Waals surface area contributed by atoms with Crippen LogP contribution in [0, 0.1) is 18.8 Å². The van der Waals surface area contributed by atoms with Crippen LogP contribution in [0.3, 0.4) is 0 Å². The summed E-state index contributed by atoms with van der Waals surface area (Å²) in [6, 6.07) is 16.9. The van der Waals surface area contributed by atoms with Gasteiger partial charge in [-0.3, -0.25) is 14.6 Å². The molecule has 1 aliphatic heterocycles. The van der Waals surface area contributed by atoms with Crippen LogP contribution in [-0.2, 0) is 11.4 Å². The number of carbonyl (C=O) groups excluding carboxylic acids is 2. The molecule has 0 spiro atoms. The fraction of sp³-hybridized carbons (Fsp3) is 0.300. The van der Waals surface area contributed by atoms with Crippen molar-refractivity contribution >= 4 is 23.6 Å². The van der Waals surface area contributed by atoms with Gasteiger partial charge in [-0.05, 0) is 72.7 Å². The molecule has 0 radical (unpaired) electrons. The Hall–Kier alpha value is -3.93. The normalized spacial score (nSPS) is 17.7. The summed E-state index contributed by atoms with van der Waals surface area (Å²) in [4.78, 5) is 31.7. The molecule has 1 fully saturated rings. The SMILES string of the molecule is Cc1ccc(C(=O)N2CC(C)CC(C)C2)cc1NC(=O)C=Cc1ccc(OCc2cccnc2)cc1. The van der Waals surface area contributed by atoms with E-state index in [0.29, 0.717) is 29.7 Å². The summed E-state index contributed by atoms with van der Waals surface area (Å²) < 4.78 is 5.78. The van der Waals surface area contributed by atoms with Gasteiger partial charge in [-0.25, -0.2) is 0 Å². The second-order valence-electron chi connectivity index (χ2n) is 9.73. The molecule has 4 rings (SSSR count). The molecule has 3 aromatic rings. The average Bonchev–Trinajstić information content (AvgIpc) is 2.88. The summed E-state index contributed by atoms with van der Waals surface area (Å²) in [5, 5.41) is 2.92. The molecule has 1 aliphatic rings. The number of carbonyl (C=O) groups is 2. The maximum Gasteiger partial charge on any atom is 0.253 e. The monoisotopic (exact) mass is 483 g/mol. The first-order chi connectivity index (χ1) is 17.4. The number of aryl methyl sites for hydroxylation is 1. The van der Waals surface area contributed by atoms with Crippen molar-refractivity contribution in [1.82, 2.24) is 9.88 Å². The lowest BCUT2D eigenvalue weighted by molar-refractivity contribution is -0.111. The van der Waals surface area contributed by atoms with Crippen LogP contribution in [0.4, 0.5) is 5.69 Å². The molecule has 2 heterocycles. The molecule has 1 aromatic heterocycles. The minimum atomic E-state index is -0.250. The first kappa shape index (κ1) is 25.2. The van der Waals surface area contributed by atoms with Crippen LogP contribution < -0.4 is 10.1 Å². The highest BCUT2D eigenvalue weighted by atomic mass is 16.5. The highest BCUT2D eigenvalue weighted by molar-refractivity contribution is 6.03. The molecule has 6 heteroatoms. The Morgan fingerprint density at radius 1 is 1.08 bits per heavy atom. The Morgan fingerprint density at radius 2 is 1.83 bits per heavy atom. The molecule has 1 saturated heterocycles. The van der Waals surface area contributed by atoms with Crippen LogP contribution in [0.1, 0.15) is 47.3 Å². The van der Waals surface area contributed by atoms with Gasteiger partial charge < -0.3 is 15.0 Å². The average molecular weight is 484 g/mol. The van der Waals surface area contributed by atoms with E-state index < -0.39 is 0 Å². The number of amides is 2. The number of hydrogen-bond acceptors (Lipinski definition) is 4. The Morgan fingerprint density at radius 3 is 2.53 bits per heavy atom. The molecule has 6 nitrogen and oxygen atoms in total. The molecular formula is C30H33N3O3. The van der Waals surface area contributed by atoms with E-state index in [4.69, 9.17) is 4.74 Å². The molecule has 0 aliphatic carbocycles. The van der Waals surface area contributed by atoms with Gasteiger partial charge >= 0.3 is 0 Å². The lowest BCUT2D eigenvalue weighted by Crippen LogP contribution is -2.42. The van der Waals surface area contributed by atoms with E-state index in [2.05, 4.69) is 24.1 Å². The lowest BCUT2D eigenvalue weighted by atomic mass is 9.91. The number of aromatic nitrogens is 1. The zero-order chi connectivity index (χ0) is 25.5. The van der Waals surface area contributed by atoms with Crippen molar-refractivity contribution in [2.45, 2.75) is 33.8 Å². The third-order valence-electron chi connectivity index (χ3n) is 6.33. The second-order valence-corrected chi connectivity index (χ2v) is 9.73. The smallest absolute Gasteiger partial charge is 0.253 e. The summed E-state index contributed by atoms with van der Waals surface area (Å²) >= 11 is 0. The highest BCUT2D eigenvalue weighted by Gasteiger charge is 2.26. The Bertz CT molecular complexity index is 1210. The second kappa shape index (κ2) is 11.7. The number of piperidine rings is 1. The molecule has 0 bridgehead atoms. The van der Waals surface area contributed by atoms with E-state index >= 15 is 0 Å². The topological polar surface area (TPSA) is 71.5 Å². The number of pyridine rings is 1. The van der Waals surface area contributed by atoms with E-state index in [1.54, 1.807) is 24.5 Å². The fourth-order valence-corrected chi connectivity index (χ4v) is 4.57. The number of likely N-dealkylation sites (tertiary alicyclic amines) is 1. The number of rotatable bonds is 7. The lowest BCUT2D eigenvalue weighted by Gasteiger charge is -2.35. The van der Waals surface area contributed by atoms with Crippen LogP contribution in [0.15, 0.2) is 73.1 Å². The molecule has 1 N–H and O–H groups in total. The van der Waals surface area contributed by atoms with Crippen LogP contribution >= 0.6 is 0 Å². The summed E-state index contributed by atoms with van der Waals surface area (Å²) in [6.45, 7) is 8.28. The molecule has 0 saturated carbocycles.